The van der Waals surface area contributed by atoms with Crippen molar-refractivity contribution >= 4 is 39.5 Å². The van der Waals surface area contributed by atoms with E-state index in [1.807, 2.05) is 22.1 Å². The number of carboxylic acid groups (broad SMARTS) is 2. The van der Waals surface area contributed by atoms with E-state index in [9.17, 15) is 23.1 Å². The average molecular weight is 521 g/mol. The zero-order valence-electron chi connectivity index (χ0n) is 19.4. The Morgan fingerprint density at radius 2 is 1.80 bits per heavy atom. The Morgan fingerprint density at radius 1 is 1.14 bits per heavy atom. The number of carboxylic acids is 2. The lowest BCUT2D eigenvalue weighted by atomic mass is 10.1. The Bertz CT molecular complexity index is 1250. The number of benzene rings is 1. The number of aliphatic carboxylic acids is 1. The van der Waals surface area contributed by atoms with Gasteiger partial charge in [0.05, 0.1) is 23.7 Å². The topological polar surface area (TPSA) is 147 Å². The summed E-state index contributed by atoms with van der Waals surface area (Å²) in [5, 5.41) is 20.7. The molecule has 0 radical (unpaired) electrons. The molecule has 3 aromatic rings. The van der Waals surface area contributed by atoms with Gasteiger partial charge < -0.3 is 14.8 Å². The van der Waals surface area contributed by atoms with Crippen LogP contribution >= 0.6 is 11.3 Å². The number of unbranched alkanes of at least 4 members (excludes halogenated alkanes) is 1. The van der Waals surface area contributed by atoms with Crippen LogP contribution < -0.4 is 0 Å². The minimum Gasteiger partial charge on any atom is -0.478 e. The highest BCUT2D eigenvalue weighted by atomic mass is 32.2. The van der Waals surface area contributed by atoms with Crippen LogP contribution in [0.15, 0.2) is 53.5 Å². The van der Waals surface area contributed by atoms with Crippen LogP contribution in [-0.2, 0) is 34.3 Å². The lowest BCUT2D eigenvalue weighted by Crippen LogP contribution is -2.09. The Kier molecular flexibility index (Phi) is 10.4. The number of aryl methyl sites for hydroxylation is 1. The van der Waals surface area contributed by atoms with Gasteiger partial charge >= 0.3 is 11.9 Å². The number of imidazole rings is 1. The van der Waals surface area contributed by atoms with Crippen molar-refractivity contribution < 1.29 is 32.8 Å². The van der Waals surface area contributed by atoms with Gasteiger partial charge in [-0.05, 0) is 41.6 Å². The number of hydrogen-bond acceptors (Lipinski definition) is 6. The molecule has 1 aromatic carbocycles. The normalized spacial score (nSPS) is 11.6. The summed E-state index contributed by atoms with van der Waals surface area (Å²) >= 11 is 1.53. The highest BCUT2D eigenvalue weighted by Gasteiger charge is 2.14. The number of aromatic nitrogens is 2. The molecule has 188 valence electrons. The van der Waals surface area contributed by atoms with Crippen molar-refractivity contribution in [3.05, 3.63) is 81.1 Å². The van der Waals surface area contributed by atoms with Crippen LogP contribution in [-0.4, -0.2) is 50.9 Å². The minimum absolute atomic E-state index is 0.236. The number of carbonyl (C=O) groups is 2. The van der Waals surface area contributed by atoms with E-state index in [0.29, 0.717) is 24.8 Å². The largest absolute Gasteiger partial charge is 0.478 e. The van der Waals surface area contributed by atoms with Crippen LogP contribution in [0.5, 0.6) is 0 Å². The molecule has 0 fully saturated rings. The SMILES string of the molecule is CCCCc1ncc(/C=C(/Cc2cccs2)C(=O)O)n1Cc1ccc(C(=O)O)cc1.CS(=O)(=O)O. The van der Waals surface area contributed by atoms with E-state index in [0.717, 1.165) is 41.2 Å². The molecule has 0 aliphatic rings. The van der Waals surface area contributed by atoms with Crippen LogP contribution in [0.25, 0.3) is 6.08 Å². The smallest absolute Gasteiger partial charge is 0.335 e. The number of thiophene rings is 1. The standard InChI is InChI=1S/C23H24N2O4S.CH4O3S/c1-2-3-6-21-24-14-19(12-18(23(28)29)13-20-5-4-11-30-20)25(21)15-16-7-9-17(10-8-16)22(26)27;1-5(2,3)4/h4-5,7-12,14H,2-3,6,13,15H2,1H3,(H,26,27)(H,28,29);1H3,(H,2,3,4)/b18-12-;. The van der Waals surface area contributed by atoms with E-state index in [1.54, 1.807) is 36.5 Å². The summed E-state index contributed by atoms with van der Waals surface area (Å²) < 4.78 is 27.9. The Hall–Kier alpha value is -3.28. The van der Waals surface area contributed by atoms with Crippen molar-refractivity contribution in [2.75, 3.05) is 6.26 Å². The number of hydrogen-bond donors (Lipinski definition) is 3. The molecule has 3 rings (SSSR count). The van der Waals surface area contributed by atoms with Crippen molar-refractivity contribution in [3.63, 3.8) is 0 Å². The molecule has 0 aliphatic heterocycles. The second kappa shape index (κ2) is 13.0. The van der Waals surface area contributed by atoms with E-state index in [-0.39, 0.29) is 5.56 Å². The predicted molar refractivity (Wildman–Crippen MR) is 134 cm³/mol. The first kappa shape index (κ1) is 28.0. The maximum absolute atomic E-state index is 11.8. The van der Waals surface area contributed by atoms with Crippen molar-refractivity contribution in [2.45, 2.75) is 39.2 Å². The van der Waals surface area contributed by atoms with Gasteiger partial charge in [0.1, 0.15) is 5.82 Å². The molecule has 9 nitrogen and oxygen atoms in total. The van der Waals surface area contributed by atoms with E-state index in [2.05, 4.69) is 11.9 Å². The van der Waals surface area contributed by atoms with Gasteiger partial charge in [-0.3, -0.25) is 4.55 Å². The fourth-order valence-electron chi connectivity index (χ4n) is 3.16. The Labute approximate surface area is 208 Å². The predicted octanol–water partition coefficient (Wildman–Crippen LogP) is 4.25. The molecule has 2 aromatic heterocycles. The van der Waals surface area contributed by atoms with Gasteiger partial charge in [0, 0.05) is 29.8 Å². The third-order valence-electron chi connectivity index (χ3n) is 4.81. The summed E-state index contributed by atoms with van der Waals surface area (Å²) in [7, 11) is -3.67. The summed E-state index contributed by atoms with van der Waals surface area (Å²) in [6, 6.07) is 10.6. The molecule has 3 N–H and O–H groups in total. The third-order valence-corrected chi connectivity index (χ3v) is 5.68. The molecule has 0 saturated carbocycles. The summed E-state index contributed by atoms with van der Waals surface area (Å²) in [6.45, 7) is 2.61. The Morgan fingerprint density at radius 3 is 2.31 bits per heavy atom. The van der Waals surface area contributed by atoms with Gasteiger partial charge in [-0.25, -0.2) is 14.6 Å². The average Bonchev–Trinajstić information content (AvgIpc) is 3.41. The molecule has 35 heavy (non-hydrogen) atoms. The quantitative estimate of drug-likeness (QED) is 0.266. The fourth-order valence-corrected chi connectivity index (χ4v) is 3.89. The van der Waals surface area contributed by atoms with Gasteiger partial charge in [0.25, 0.3) is 10.1 Å². The highest BCUT2D eigenvalue weighted by Crippen LogP contribution is 2.20. The number of nitrogens with zero attached hydrogens (tertiary/aromatic N) is 2. The summed E-state index contributed by atoms with van der Waals surface area (Å²) in [5.41, 5.74) is 2.21. The molecule has 0 unspecified atom stereocenters. The molecule has 0 spiro atoms. The maximum atomic E-state index is 11.8. The van der Waals surface area contributed by atoms with Crippen LogP contribution in [0, 0.1) is 0 Å². The van der Waals surface area contributed by atoms with E-state index >= 15 is 0 Å². The highest BCUT2D eigenvalue weighted by molar-refractivity contribution is 7.85. The van der Waals surface area contributed by atoms with Crippen LogP contribution in [0.4, 0.5) is 0 Å². The van der Waals surface area contributed by atoms with Gasteiger partial charge in [-0.15, -0.1) is 11.3 Å². The zero-order chi connectivity index (χ0) is 26.0. The van der Waals surface area contributed by atoms with E-state index < -0.39 is 22.1 Å². The van der Waals surface area contributed by atoms with E-state index in [4.69, 9.17) is 9.66 Å². The first-order valence-corrected chi connectivity index (χ1v) is 13.5. The van der Waals surface area contributed by atoms with Gasteiger partial charge in [-0.2, -0.15) is 8.42 Å². The number of aromatic carboxylic acids is 1. The lowest BCUT2D eigenvalue weighted by Gasteiger charge is -2.12. The van der Waals surface area contributed by atoms with Gasteiger partial charge in [0.2, 0.25) is 0 Å². The second-order valence-corrected chi connectivity index (χ2v) is 10.3. The Balaban J connectivity index is 0.000000784. The first-order chi connectivity index (χ1) is 16.5. The summed E-state index contributed by atoms with van der Waals surface area (Å²) in [4.78, 5) is 28.5. The van der Waals surface area contributed by atoms with Crippen molar-refractivity contribution in [3.8, 4) is 0 Å². The fraction of sp³-hybridized carbons (Fsp3) is 0.292. The molecular weight excluding hydrogens is 492 g/mol. The molecular formula is C24H28N2O7S2. The molecule has 0 amide bonds. The molecule has 2 heterocycles. The molecule has 0 aliphatic carbocycles. The maximum Gasteiger partial charge on any atom is 0.335 e. The number of rotatable bonds is 10. The van der Waals surface area contributed by atoms with Crippen LogP contribution in [0.3, 0.4) is 0 Å². The van der Waals surface area contributed by atoms with Crippen molar-refractivity contribution in [1.29, 1.82) is 0 Å². The summed E-state index contributed by atoms with van der Waals surface area (Å²) in [5.74, 6) is -1.01. The monoisotopic (exact) mass is 520 g/mol. The molecule has 0 bridgehead atoms. The zero-order valence-corrected chi connectivity index (χ0v) is 21.1. The van der Waals surface area contributed by atoms with Crippen molar-refractivity contribution in [2.24, 2.45) is 0 Å². The lowest BCUT2D eigenvalue weighted by molar-refractivity contribution is -0.132. The van der Waals surface area contributed by atoms with Crippen LogP contribution in [0.1, 0.15) is 52.1 Å². The van der Waals surface area contributed by atoms with E-state index in [1.165, 1.54) is 11.3 Å². The van der Waals surface area contributed by atoms with Gasteiger partial charge in [-0.1, -0.05) is 31.5 Å². The third kappa shape index (κ3) is 9.85. The van der Waals surface area contributed by atoms with Crippen LogP contribution in [0.2, 0.25) is 0 Å². The van der Waals surface area contributed by atoms with Gasteiger partial charge in [0.15, 0.2) is 0 Å². The molecule has 0 saturated heterocycles. The minimum atomic E-state index is -3.67. The first-order valence-electron chi connectivity index (χ1n) is 10.7. The van der Waals surface area contributed by atoms with Crippen molar-refractivity contribution in [1.82, 2.24) is 9.55 Å². The molecule has 0 atom stereocenters. The summed E-state index contributed by atoms with van der Waals surface area (Å²) in [6.07, 6.45) is 7.29. The molecule has 11 heteroatoms. The second-order valence-electron chi connectivity index (χ2n) is 7.75.